The molecule has 0 fully saturated rings. The van der Waals surface area contributed by atoms with Crippen LogP contribution in [0.15, 0.2) is 67.1 Å². The number of hydrogen-bond donors (Lipinski definition) is 0. The molecule has 2 heterocycles. The molecule has 0 radical (unpaired) electrons. The summed E-state index contributed by atoms with van der Waals surface area (Å²) in [5.41, 5.74) is 5.17. The maximum Gasteiger partial charge on any atom is 0.673 e. The van der Waals surface area contributed by atoms with Crippen LogP contribution < -0.4 is 4.90 Å². The van der Waals surface area contributed by atoms with Gasteiger partial charge in [0.25, 0.3) is 0 Å². The average molecular weight is 363 g/mol. The zero-order valence-corrected chi connectivity index (χ0v) is 14.6. The average Bonchev–Trinajstić information content (AvgIpc) is 2.61. The van der Waals surface area contributed by atoms with Crippen molar-refractivity contribution in [2.75, 3.05) is 11.4 Å². The minimum Gasteiger partial charge on any atom is -0.418 e. The Morgan fingerprint density at radius 2 is 1.62 bits per heavy atom. The Morgan fingerprint density at radius 3 is 2.15 bits per heavy atom. The highest BCUT2D eigenvalue weighted by Crippen LogP contribution is 2.30. The molecule has 0 saturated carbocycles. The van der Waals surface area contributed by atoms with Crippen molar-refractivity contribution in [3.05, 3.63) is 78.3 Å². The Morgan fingerprint density at radius 1 is 1.00 bits per heavy atom. The van der Waals surface area contributed by atoms with Crippen LogP contribution in [-0.2, 0) is 0 Å². The Kier molecular flexibility index (Phi) is 6.61. The molecular weight excluding hydrogens is 343 g/mol. The maximum atomic E-state index is 9.75. The number of rotatable bonds is 3. The number of anilines is 1. The molecule has 2 nitrogen and oxygen atoms in total. The first-order valence-electron chi connectivity index (χ1n) is 8.27. The van der Waals surface area contributed by atoms with E-state index in [4.69, 9.17) is 0 Å². The third-order valence-corrected chi connectivity index (χ3v) is 3.82. The smallest absolute Gasteiger partial charge is 0.418 e. The second kappa shape index (κ2) is 8.69. The number of allylic oxidation sites excluding steroid dienone is 2. The number of hydrogen-bond acceptors (Lipinski definition) is 2. The van der Waals surface area contributed by atoms with Crippen LogP contribution in [0.5, 0.6) is 0 Å². The second-order valence-electron chi connectivity index (χ2n) is 6.07. The Labute approximate surface area is 151 Å². The lowest BCUT2D eigenvalue weighted by Gasteiger charge is -2.26. The van der Waals surface area contributed by atoms with Gasteiger partial charge in [-0.05, 0) is 46.9 Å². The highest BCUT2D eigenvalue weighted by molar-refractivity contribution is 6.50. The van der Waals surface area contributed by atoms with Gasteiger partial charge in [0.15, 0.2) is 0 Å². The van der Waals surface area contributed by atoms with Crippen LogP contribution in [0.4, 0.5) is 23.0 Å². The van der Waals surface area contributed by atoms with Crippen LogP contribution in [0.25, 0.3) is 5.57 Å². The third-order valence-electron chi connectivity index (χ3n) is 3.82. The van der Waals surface area contributed by atoms with Crippen LogP contribution in [-0.4, -0.2) is 18.8 Å². The molecule has 1 aliphatic rings. The molecule has 0 saturated heterocycles. The first-order chi connectivity index (χ1) is 12.3. The summed E-state index contributed by atoms with van der Waals surface area (Å²) in [6, 6.07) is 12.7. The van der Waals surface area contributed by atoms with E-state index in [9.17, 15) is 17.3 Å². The normalized spacial score (nSPS) is 14.0. The number of benzene rings is 1. The number of nitrogens with zero attached hydrogens (tertiary/aromatic N) is 2. The summed E-state index contributed by atoms with van der Waals surface area (Å²) in [6.45, 7) is 5.38. The molecule has 3 rings (SSSR count). The predicted octanol–water partition coefficient (Wildman–Crippen LogP) is 5.92. The molecule has 138 valence electrons. The molecule has 0 aliphatic carbocycles. The molecule has 2 aromatic rings. The van der Waals surface area contributed by atoms with Crippen LogP contribution in [0.1, 0.15) is 30.9 Å². The van der Waals surface area contributed by atoms with Crippen LogP contribution in [0.2, 0.25) is 0 Å². The monoisotopic (exact) mass is 363 g/mol. The van der Waals surface area contributed by atoms with Crippen molar-refractivity contribution in [3.8, 4) is 0 Å². The van der Waals surface area contributed by atoms with Crippen LogP contribution >= 0.6 is 0 Å². The van der Waals surface area contributed by atoms with E-state index in [0.29, 0.717) is 5.92 Å². The fourth-order valence-corrected chi connectivity index (χ4v) is 2.67. The van der Waals surface area contributed by atoms with Gasteiger partial charge in [-0.25, -0.2) is 0 Å². The van der Waals surface area contributed by atoms with Crippen molar-refractivity contribution in [2.45, 2.75) is 19.8 Å². The highest BCUT2D eigenvalue weighted by atomic mass is 19.5. The number of aromatic nitrogens is 1. The first-order valence-corrected chi connectivity index (χ1v) is 8.27. The third kappa shape index (κ3) is 6.06. The van der Waals surface area contributed by atoms with Gasteiger partial charge in [-0.15, -0.1) is 0 Å². The van der Waals surface area contributed by atoms with Gasteiger partial charge in [0.05, 0.1) is 0 Å². The van der Waals surface area contributed by atoms with Gasteiger partial charge in [-0.3, -0.25) is 4.98 Å². The Balaban J connectivity index is 0.000000431. The van der Waals surface area contributed by atoms with Crippen molar-refractivity contribution in [2.24, 2.45) is 0 Å². The Bertz CT molecular complexity index is 765. The molecular formula is C19H20BF4N2-. The lowest BCUT2D eigenvalue weighted by molar-refractivity contribution is 0.368. The Hall–Kier alpha value is -2.57. The molecule has 0 bridgehead atoms. The van der Waals surface area contributed by atoms with Crippen molar-refractivity contribution in [1.29, 1.82) is 0 Å². The van der Waals surface area contributed by atoms with Crippen molar-refractivity contribution in [1.82, 2.24) is 4.98 Å². The van der Waals surface area contributed by atoms with Crippen LogP contribution in [0.3, 0.4) is 0 Å². The van der Waals surface area contributed by atoms with E-state index < -0.39 is 7.25 Å². The molecule has 0 atom stereocenters. The molecule has 0 N–H and O–H groups in total. The number of halogens is 4. The van der Waals surface area contributed by atoms with Crippen molar-refractivity contribution >= 4 is 18.5 Å². The van der Waals surface area contributed by atoms with Crippen molar-refractivity contribution in [3.63, 3.8) is 0 Å². The maximum absolute atomic E-state index is 9.75. The summed E-state index contributed by atoms with van der Waals surface area (Å²) < 4.78 is 39.0. The quantitative estimate of drug-likeness (QED) is 0.497. The molecule has 7 heteroatoms. The molecule has 0 unspecified atom stereocenters. The van der Waals surface area contributed by atoms with Gasteiger partial charge in [0.2, 0.25) is 0 Å². The van der Waals surface area contributed by atoms with E-state index >= 15 is 0 Å². The van der Waals surface area contributed by atoms with Crippen LogP contribution in [0, 0.1) is 0 Å². The largest absolute Gasteiger partial charge is 0.673 e. The van der Waals surface area contributed by atoms with Gasteiger partial charge in [0, 0.05) is 30.8 Å². The molecule has 1 aliphatic heterocycles. The lowest BCUT2D eigenvalue weighted by Crippen LogP contribution is -2.20. The topological polar surface area (TPSA) is 16.1 Å². The summed E-state index contributed by atoms with van der Waals surface area (Å²) in [6.07, 6.45) is 10.3. The van der Waals surface area contributed by atoms with Gasteiger partial charge < -0.3 is 22.2 Å². The number of pyridine rings is 1. The summed E-state index contributed by atoms with van der Waals surface area (Å²) in [5, 5.41) is 0. The minimum atomic E-state index is -6.00. The molecule has 0 amide bonds. The highest BCUT2D eigenvalue weighted by Gasteiger charge is 2.20. The van der Waals surface area contributed by atoms with E-state index in [2.05, 4.69) is 66.3 Å². The fourth-order valence-electron chi connectivity index (χ4n) is 2.67. The van der Waals surface area contributed by atoms with E-state index in [1.54, 1.807) is 0 Å². The minimum absolute atomic E-state index is 0.528. The summed E-state index contributed by atoms with van der Waals surface area (Å²) in [5.74, 6) is 0.528. The van der Waals surface area contributed by atoms with Gasteiger partial charge in [-0.1, -0.05) is 38.1 Å². The van der Waals surface area contributed by atoms with E-state index in [-0.39, 0.29) is 0 Å². The molecule has 1 aromatic heterocycles. The summed E-state index contributed by atoms with van der Waals surface area (Å²) >= 11 is 0. The zero-order chi connectivity index (χ0) is 19.2. The number of para-hydroxylation sites is 1. The van der Waals surface area contributed by atoms with E-state index in [0.717, 1.165) is 6.54 Å². The molecule has 1 aromatic carbocycles. The zero-order valence-electron chi connectivity index (χ0n) is 14.6. The molecule has 26 heavy (non-hydrogen) atoms. The second-order valence-corrected chi connectivity index (χ2v) is 6.07. The fraction of sp³-hybridized carbons (Fsp3) is 0.211. The van der Waals surface area contributed by atoms with Gasteiger partial charge >= 0.3 is 7.25 Å². The lowest BCUT2D eigenvalue weighted by atomic mass is 9.99. The van der Waals surface area contributed by atoms with Gasteiger partial charge in [0.1, 0.15) is 0 Å². The van der Waals surface area contributed by atoms with E-state index in [1.165, 1.54) is 22.4 Å². The summed E-state index contributed by atoms with van der Waals surface area (Å²) in [4.78, 5) is 6.38. The standard InChI is InChI=1S/C19H20N2.BF4/c1-15(2)18-5-3-4-6-19(18)21-13-9-17(10-14-21)16-7-11-20-12-8-16;2-1(3,4)5/h3-13,15H,14H2,1-2H3;/q;-1. The first kappa shape index (κ1) is 19.8. The van der Waals surface area contributed by atoms with E-state index in [1.807, 2.05) is 24.5 Å². The van der Waals surface area contributed by atoms with Gasteiger partial charge in [-0.2, -0.15) is 0 Å². The SMILES string of the molecule is CC(C)c1ccccc1N1C=CC(c2ccncc2)=CC1.F[B-](F)(F)F. The molecule has 0 spiro atoms. The van der Waals surface area contributed by atoms with Crippen molar-refractivity contribution < 1.29 is 17.3 Å². The predicted molar refractivity (Wildman–Crippen MR) is 99.4 cm³/mol. The summed E-state index contributed by atoms with van der Waals surface area (Å²) in [7, 11) is -6.00.